The Bertz CT molecular complexity index is 486. The molecule has 17 heavy (non-hydrogen) atoms. The van der Waals surface area contributed by atoms with Crippen LogP contribution in [0.4, 0.5) is 0 Å². The molecule has 0 aliphatic rings. The summed E-state index contributed by atoms with van der Waals surface area (Å²) in [5.74, 6) is 0.248. The highest BCUT2D eigenvalue weighted by Crippen LogP contribution is 2.20. The van der Waals surface area contributed by atoms with Crippen molar-refractivity contribution in [3.05, 3.63) is 41.4 Å². The monoisotopic (exact) mass is 312 g/mol. The molecule has 0 aliphatic carbocycles. The Morgan fingerprint density at radius 1 is 1.29 bits per heavy atom. The highest BCUT2D eigenvalue weighted by atomic mass is 79.9. The molecule has 2 aromatic rings. The van der Waals surface area contributed by atoms with Crippen molar-refractivity contribution >= 4 is 33.6 Å². The zero-order valence-corrected chi connectivity index (χ0v) is 11.1. The molecule has 0 bridgehead atoms. The smallest absolute Gasteiger partial charge is 0.249 e. The van der Waals surface area contributed by atoms with Gasteiger partial charge in [0.25, 0.3) is 0 Å². The third-order valence-electron chi connectivity index (χ3n) is 1.86. The predicted molar refractivity (Wildman–Crippen MR) is 69.3 cm³/mol. The van der Waals surface area contributed by atoms with Crippen molar-refractivity contribution in [3.63, 3.8) is 0 Å². The lowest BCUT2D eigenvalue weighted by molar-refractivity contribution is -0.114. The number of benzene rings is 1. The van der Waals surface area contributed by atoms with Crippen LogP contribution in [0.2, 0.25) is 0 Å². The minimum Gasteiger partial charge on any atom is -0.272 e. The number of nitrogens with zero attached hydrogens (tertiary/aromatic N) is 3. The first-order chi connectivity index (χ1) is 8.24. The molecule has 0 radical (unpaired) electrons. The van der Waals surface area contributed by atoms with Crippen molar-refractivity contribution in [2.24, 2.45) is 0 Å². The molecule has 7 heteroatoms. The fourth-order valence-corrected chi connectivity index (χ4v) is 2.07. The molecule has 0 fully saturated rings. The highest BCUT2D eigenvalue weighted by molar-refractivity contribution is 9.10. The van der Waals surface area contributed by atoms with Crippen LogP contribution in [0.25, 0.3) is 0 Å². The number of thioether (sulfide) groups is 1. The topological polar surface area (TPSA) is 59.8 Å². The predicted octanol–water partition coefficient (Wildman–Crippen LogP) is 1.90. The molecule has 2 rings (SSSR count). The Labute approximate surface area is 111 Å². The van der Waals surface area contributed by atoms with Gasteiger partial charge in [0.1, 0.15) is 12.7 Å². The van der Waals surface area contributed by atoms with Crippen molar-refractivity contribution in [3.8, 4) is 0 Å². The average Bonchev–Trinajstić information content (AvgIpc) is 2.81. The Morgan fingerprint density at radius 2 is 1.94 bits per heavy atom. The minimum absolute atomic E-state index is 0.0993. The van der Waals surface area contributed by atoms with Crippen molar-refractivity contribution in [2.45, 2.75) is 4.90 Å². The van der Waals surface area contributed by atoms with Gasteiger partial charge in [-0.25, -0.2) is 4.68 Å². The van der Waals surface area contributed by atoms with Crippen molar-refractivity contribution in [1.82, 2.24) is 14.9 Å². The van der Waals surface area contributed by atoms with Gasteiger partial charge in [-0.05, 0) is 24.3 Å². The SMILES string of the molecule is O=C(CSc1ccc(Br)cc1)Nn1cnnc1. The van der Waals surface area contributed by atoms with E-state index in [1.165, 1.54) is 29.1 Å². The molecule has 0 aliphatic heterocycles. The van der Waals surface area contributed by atoms with Gasteiger partial charge in [0.15, 0.2) is 0 Å². The van der Waals surface area contributed by atoms with Gasteiger partial charge in [-0.15, -0.1) is 22.0 Å². The second kappa shape index (κ2) is 5.83. The van der Waals surface area contributed by atoms with Crippen LogP contribution in [0.15, 0.2) is 46.3 Å². The molecule has 0 unspecified atom stereocenters. The summed E-state index contributed by atoms with van der Waals surface area (Å²) in [6.07, 6.45) is 2.87. The van der Waals surface area contributed by atoms with Crippen LogP contribution in [0.1, 0.15) is 0 Å². The van der Waals surface area contributed by atoms with E-state index < -0.39 is 0 Å². The van der Waals surface area contributed by atoms with Crippen LogP contribution in [0.5, 0.6) is 0 Å². The van der Waals surface area contributed by atoms with Gasteiger partial charge in [0.2, 0.25) is 5.91 Å². The summed E-state index contributed by atoms with van der Waals surface area (Å²) in [5, 5.41) is 7.18. The summed E-state index contributed by atoms with van der Waals surface area (Å²) in [7, 11) is 0. The van der Waals surface area contributed by atoms with Gasteiger partial charge in [-0.1, -0.05) is 15.9 Å². The molecule has 1 heterocycles. The van der Waals surface area contributed by atoms with E-state index in [-0.39, 0.29) is 5.91 Å². The zero-order chi connectivity index (χ0) is 12.1. The first-order valence-corrected chi connectivity index (χ1v) is 6.55. The highest BCUT2D eigenvalue weighted by Gasteiger charge is 2.03. The van der Waals surface area contributed by atoms with Crippen LogP contribution in [0, 0.1) is 0 Å². The van der Waals surface area contributed by atoms with Gasteiger partial charge in [-0.3, -0.25) is 10.2 Å². The minimum atomic E-state index is -0.0993. The summed E-state index contributed by atoms with van der Waals surface area (Å²) in [6.45, 7) is 0. The van der Waals surface area contributed by atoms with Crippen molar-refractivity contribution in [2.75, 3.05) is 11.2 Å². The van der Waals surface area contributed by atoms with Gasteiger partial charge >= 0.3 is 0 Å². The van der Waals surface area contributed by atoms with E-state index in [1.54, 1.807) is 0 Å². The molecule has 88 valence electrons. The van der Waals surface area contributed by atoms with E-state index in [2.05, 4.69) is 31.6 Å². The first-order valence-electron chi connectivity index (χ1n) is 4.77. The van der Waals surface area contributed by atoms with Crippen LogP contribution < -0.4 is 5.43 Å². The van der Waals surface area contributed by atoms with Gasteiger partial charge < -0.3 is 0 Å². The molecule has 1 N–H and O–H groups in total. The number of rotatable bonds is 4. The summed E-state index contributed by atoms with van der Waals surface area (Å²) in [6, 6.07) is 7.81. The number of amides is 1. The Balaban J connectivity index is 1.82. The number of aromatic nitrogens is 3. The number of hydrogen-bond donors (Lipinski definition) is 1. The Morgan fingerprint density at radius 3 is 2.59 bits per heavy atom. The van der Waals surface area contributed by atoms with Crippen LogP contribution in [-0.4, -0.2) is 26.5 Å². The fourth-order valence-electron chi connectivity index (χ4n) is 1.11. The van der Waals surface area contributed by atoms with Crippen LogP contribution in [-0.2, 0) is 4.79 Å². The summed E-state index contributed by atoms with van der Waals surface area (Å²) >= 11 is 4.83. The molecule has 0 atom stereocenters. The quantitative estimate of drug-likeness (QED) is 0.876. The maximum absolute atomic E-state index is 11.5. The largest absolute Gasteiger partial charge is 0.272 e. The second-order valence-electron chi connectivity index (χ2n) is 3.15. The average molecular weight is 313 g/mol. The van der Waals surface area contributed by atoms with Gasteiger partial charge in [0.05, 0.1) is 5.75 Å². The molecule has 1 aromatic carbocycles. The third kappa shape index (κ3) is 3.86. The first kappa shape index (κ1) is 12.1. The zero-order valence-electron chi connectivity index (χ0n) is 8.71. The molecular formula is C10H9BrN4OS. The Hall–Kier alpha value is -1.34. The molecule has 0 saturated carbocycles. The van der Waals surface area contributed by atoms with Crippen molar-refractivity contribution in [1.29, 1.82) is 0 Å². The van der Waals surface area contributed by atoms with E-state index in [0.717, 1.165) is 9.37 Å². The van der Waals surface area contributed by atoms with E-state index in [1.807, 2.05) is 24.3 Å². The van der Waals surface area contributed by atoms with Crippen LogP contribution >= 0.6 is 27.7 Å². The summed E-state index contributed by atoms with van der Waals surface area (Å²) < 4.78 is 2.44. The summed E-state index contributed by atoms with van der Waals surface area (Å²) in [4.78, 5) is 12.6. The normalized spacial score (nSPS) is 10.2. The summed E-state index contributed by atoms with van der Waals surface area (Å²) in [5.41, 5.74) is 2.63. The van der Waals surface area contributed by atoms with Gasteiger partial charge in [-0.2, -0.15) is 0 Å². The molecule has 0 saturated heterocycles. The lowest BCUT2D eigenvalue weighted by atomic mass is 10.4. The molecule has 5 nitrogen and oxygen atoms in total. The maximum atomic E-state index is 11.5. The molecule has 1 aromatic heterocycles. The lowest BCUT2D eigenvalue weighted by Crippen LogP contribution is -2.23. The Kier molecular flexibility index (Phi) is 4.16. The van der Waals surface area contributed by atoms with E-state index in [9.17, 15) is 4.79 Å². The van der Waals surface area contributed by atoms with E-state index in [0.29, 0.717) is 5.75 Å². The van der Waals surface area contributed by atoms with Gasteiger partial charge in [0, 0.05) is 9.37 Å². The molecule has 0 spiro atoms. The number of halogens is 1. The van der Waals surface area contributed by atoms with E-state index in [4.69, 9.17) is 0 Å². The third-order valence-corrected chi connectivity index (χ3v) is 3.40. The standard InChI is InChI=1S/C10H9BrN4OS/c11-8-1-3-9(4-2-8)17-5-10(16)14-15-6-12-13-7-15/h1-4,6-7H,5H2,(H,14,16). The molecular weight excluding hydrogens is 304 g/mol. The number of nitrogens with one attached hydrogen (secondary N) is 1. The van der Waals surface area contributed by atoms with Crippen molar-refractivity contribution < 1.29 is 4.79 Å². The number of carbonyl (C=O) groups excluding carboxylic acids is 1. The second-order valence-corrected chi connectivity index (χ2v) is 5.11. The molecule has 1 amide bonds. The maximum Gasteiger partial charge on any atom is 0.249 e. The van der Waals surface area contributed by atoms with Crippen LogP contribution in [0.3, 0.4) is 0 Å². The number of carbonyl (C=O) groups is 1. The fraction of sp³-hybridized carbons (Fsp3) is 0.100. The van der Waals surface area contributed by atoms with E-state index >= 15 is 0 Å². The number of hydrogen-bond acceptors (Lipinski definition) is 4. The lowest BCUT2D eigenvalue weighted by Gasteiger charge is -2.04.